The molecule has 0 heterocycles. The number of benzene rings is 2. The summed E-state index contributed by atoms with van der Waals surface area (Å²) in [6.07, 6.45) is 2.28. The van der Waals surface area contributed by atoms with E-state index in [-0.39, 0.29) is 12.2 Å². The molecule has 9 heteroatoms. The van der Waals surface area contributed by atoms with E-state index in [2.05, 4.69) is 32.1 Å². The Morgan fingerprint density at radius 3 is 2.41 bits per heavy atom. The molecule has 0 saturated heterocycles. The molecule has 0 bridgehead atoms. The molecule has 2 aromatic carbocycles. The van der Waals surface area contributed by atoms with Gasteiger partial charge in [0.05, 0.1) is 12.0 Å². The first-order chi connectivity index (χ1) is 13.9. The van der Waals surface area contributed by atoms with Gasteiger partial charge in [-0.25, -0.2) is 4.39 Å². The first kappa shape index (κ1) is 22.9. The van der Waals surface area contributed by atoms with E-state index in [9.17, 15) is 18.8 Å². The second-order valence-corrected chi connectivity index (χ2v) is 7.97. The van der Waals surface area contributed by atoms with Crippen molar-refractivity contribution in [2.75, 3.05) is 12.0 Å². The molecule has 29 heavy (non-hydrogen) atoms. The van der Waals surface area contributed by atoms with Gasteiger partial charge in [-0.05, 0) is 64.2 Å². The Hall–Kier alpha value is -2.39. The highest BCUT2D eigenvalue weighted by Crippen LogP contribution is 2.16. The molecule has 1 atom stereocenters. The van der Waals surface area contributed by atoms with Crippen LogP contribution in [0.3, 0.4) is 0 Å². The normalized spacial score (nSPS) is 11.4. The van der Waals surface area contributed by atoms with E-state index in [1.165, 1.54) is 24.3 Å². The summed E-state index contributed by atoms with van der Waals surface area (Å²) in [4.78, 5) is 37.0. The van der Waals surface area contributed by atoms with Crippen LogP contribution in [0.1, 0.15) is 22.3 Å². The van der Waals surface area contributed by atoms with Crippen LogP contribution in [0.15, 0.2) is 53.0 Å². The summed E-state index contributed by atoms with van der Waals surface area (Å²) in [6.45, 7) is 0. The van der Waals surface area contributed by atoms with E-state index in [0.717, 1.165) is 0 Å². The zero-order valence-electron chi connectivity index (χ0n) is 15.7. The summed E-state index contributed by atoms with van der Waals surface area (Å²) in [6, 6.07) is 11.6. The van der Waals surface area contributed by atoms with E-state index in [0.29, 0.717) is 27.8 Å². The molecule has 0 radical (unpaired) electrons. The SMILES string of the molecule is CSCCC(NC(=O)c1ccccc1Br)C(=O)NNC(=O)Cc1ccc(F)cc1. The van der Waals surface area contributed by atoms with Crippen LogP contribution in [-0.2, 0) is 16.0 Å². The minimum Gasteiger partial charge on any atom is -0.340 e. The maximum Gasteiger partial charge on any atom is 0.260 e. The van der Waals surface area contributed by atoms with Crippen LogP contribution in [0.4, 0.5) is 4.39 Å². The van der Waals surface area contributed by atoms with E-state index in [1.807, 2.05) is 6.26 Å². The average molecular weight is 482 g/mol. The van der Waals surface area contributed by atoms with Crippen molar-refractivity contribution in [3.05, 3.63) is 69.9 Å². The quantitative estimate of drug-likeness (QED) is 0.505. The van der Waals surface area contributed by atoms with Crippen molar-refractivity contribution >= 4 is 45.4 Å². The minimum absolute atomic E-state index is 0.0145. The molecule has 0 aliphatic rings. The van der Waals surface area contributed by atoms with Crippen molar-refractivity contribution < 1.29 is 18.8 Å². The Morgan fingerprint density at radius 1 is 1.07 bits per heavy atom. The van der Waals surface area contributed by atoms with E-state index in [1.54, 1.807) is 36.0 Å². The van der Waals surface area contributed by atoms with Gasteiger partial charge < -0.3 is 5.32 Å². The Bertz CT molecular complexity index is 864. The van der Waals surface area contributed by atoms with Gasteiger partial charge in [0.1, 0.15) is 11.9 Å². The first-order valence-electron chi connectivity index (χ1n) is 8.78. The lowest BCUT2D eigenvalue weighted by Gasteiger charge is -2.19. The third kappa shape index (κ3) is 7.51. The zero-order valence-corrected chi connectivity index (χ0v) is 18.1. The Kier molecular flexibility index (Phi) is 9.14. The van der Waals surface area contributed by atoms with Crippen LogP contribution >= 0.6 is 27.7 Å². The van der Waals surface area contributed by atoms with Crippen molar-refractivity contribution in [2.24, 2.45) is 0 Å². The highest BCUT2D eigenvalue weighted by Gasteiger charge is 2.22. The molecule has 6 nitrogen and oxygen atoms in total. The van der Waals surface area contributed by atoms with Gasteiger partial charge >= 0.3 is 0 Å². The molecule has 154 valence electrons. The van der Waals surface area contributed by atoms with E-state index >= 15 is 0 Å². The molecular formula is C20H21BrFN3O3S. The first-order valence-corrected chi connectivity index (χ1v) is 11.0. The van der Waals surface area contributed by atoms with Crippen LogP contribution in [0.2, 0.25) is 0 Å². The van der Waals surface area contributed by atoms with Gasteiger partial charge in [-0.3, -0.25) is 25.2 Å². The zero-order chi connectivity index (χ0) is 21.2. The minimum atomic E-state index is -0.812. The Labute approximate surface area is 181 Å². The van der Waals surface area contributed by atoms with Gasteiger partial charge in [0.15, 0.2) is 0 Å². The van der Waals surface area contributed by atoms with E-state index < -0.39 is 23.8 Å². The van der Waals surface area contributed by atoms with Crippen LogP contribution in [0.25, 0.3) is 0 Å². The predicted octanol–water partition coefficient (Wildman–Crippen LogP) is 2.83. The van der Waals surface area contributed by atoms with Crippen molar-refractivity contribution in [1.82, 2.24) is 16.2 Å². The van der Waals surface area contributed by atoms with Gasteiger partial charge in [-0.1, -0.05) is 24.3 Å². The van der Waals surface area contributed by atoms with Crippen LogP contribution in [0, 0.1) is 5.82 Å². The third-order valence-corrected chi connectivity index (χ3v) is 5.29. The summed E-state index contributed by atoms with van der Waals surface area (Å²) in [5, 5.41) is 2.70. The molecule has 0 aliphatic carbocycles. The molecule has 3 amide bonds. The topological polar surface area (TPSA) is 87.3 Å². The molecule has 1 unspecified atom stereocenters. The third-order valence-electron chi connectivity index (χ3n) is 3.95. The predicted molar refractivity (Wildman–Crippen MR) is 115 cm³/mol. The molecule has 0 spiro atoms. The van der Waals surface area contributed by atoms with Gasteiger partial charge in [-0.15, -0.1) is 0 Å². The fourth-order valence-electron chi connectivity index (χ4n) is 2.44. The van der Waals surface area contributed by atoms with Crippen LogP contribution in [0.5, 0.6) is 0 Å². The fraction of sp³-hybridized carbons (Fsp3) is 0.250. The van der Waals surface area contributed by atoms with Crippen LogP contribution in [-0.4, -0.2) is 35.8 Å². The highest BCUT2D eigenvalue weighted by atomic mass is 79.9. The summed E-state index contributed by atoms with van der Waals surface area (Å²) < 4.78 is 13.5. The second-order valence-electron chi connectivity index (χ2n) is 6.13. The molecule has 2 aromatic rings. The molecular weight excluding hydrogens is 461 g/mol. The summed E-state index contributed by atoms with van der Waals surface area (Å²) in [5.74, 6) is -1.11. The second kappa shape index (κ2) is 11.6. The molecule has 0 aromatic heterocycles. The van der Waals surface area contributed by atoms with E-state index in [4.69, 9.17) is 0 Å². The van der Waals surface area contributed by atoms with Crippen molar-refractivity contribution in [3.8, 4) is 0 Å². The largest absolute Gasteiger partial charge is 0.340 e. The van der Waals surface area contributed by atoms with Gasteiger partial charge in [0.2, 0.25) is 5.91 Å². The molecule has 0 aliphatic heterocycles. The standard InChI is InChI=1S/C20H21BrFN3O3S/c1-29-11-10-17(23-19(27)15-4-2-3-5-16(15)21)20(28)25-24-18(26)12-13-6-8-14(22)9-7-13/h2-9,17H,10-12H2,1H3,(H,23,27)(H,24,26)(H,25,28). The van der Waals surface area contributed by atoms with Crippen molar-refractivity contribution in [3.63, 3.8) is 0 Å². The number of amides is 3. The van der Waals surface area contributed by atoms with Gasteiger partial charge in [0, 0.05) is 4.47 Å². The number of carbonyl (C=O) groups is 3. The molecule has 3 N–H and O–H groups in total. The summed E-state index contributed by atoms with van der Waals surface area (Å²) in [7, 11) is 0. The number of carbonyl (C=O) groups excluding carboxylic acids is 3. The smallest absolute Gasteiger partial charge is 0.260 e. The average Bonchev–Trinajstić information content (AvgIpc) is 2.71. The Morgan fingerprint density at radius 2 is 1.76 bits per heavy atom. The number of hydrogen-bond acceptors (Lipinski definition) is 4. The lowest BCUT2D eigenvalue weighted by atomic mass is 10.1. The maximum atomic E-state index is 12.9. The van der Waals surface area contributed by atoms with Crippen LogP contribution < -0.4 is 16.2 Å². The maximum absolute atomic E-state index is 12.9. The number of thioether (sulfide) groups is 1. The summed E-state index contributed by atoms with van der Waals surface area (Å²) in [5.41, 5.74) is 5.70. The van der Waals surface area contributed by atoms with Gasteiger partial charge in [-0.2, -0.15) is 11.8 Å². The number of hydrazine groups is 1. The Balaban J connectivity index is 1.93. The summed E-state index contributed by atoms with van der Waals surface area (Å²) >= 11 is 4.86. The van der Waals surface area contributed by atoms with Crippen molar-refractivity contribution in [2.45, 2.75) is 18.9 Å². The highest BCUT2D eigenvalue weighted by molar-refractivity contribution is 9.10. The number of nitrogens with one attached hydrogen (secondary N) is 3. The van der Waals surface area contributed by atoms with Crippen molar-refractivity contribution in [1.29, 1.82) is 0 Å². The monoisotopic (exact) mass is 481 g/mol. The number of rotatable bonds is 8. The fourth-order valence-corrected chi connectivity index (χ4v) is 3.37. The molecule has 0 saturated carbocycles. The lowest BCUT2D eigenvalue weighted by molar-refractivity contribution is -0.129. The van der Waals surface area contributed by atoms with Gasteiger partial charge in [0.25, 0.3) is 11.8 Å². The number of halogens is 2. The molecule has 0 fully saturated rings. The lowest BCUT2D eigenvalue weighted by Crippen LogP contribution is -2.52. The molecule has 2 rings (SSSR count). The number of hydrogen-bond donors (Lipinski definition) is 3.